The lowest BCUT2D eigenvalue weighted by Gasteiger charge is -2.33. The molecule has 0 radical (unpaired) electrons. The van der Waals surface area contributed by atoms with E-state index in [4.69, 9.17) is 0 Å². The summed E-state index contributed by atoms with van der Waals surface area (Å²) in [5, 5.41) is 13.7. The number of nitrogens with zero attached hydrogens (tertiary/aromatic N) is 1. The number of amides is 3. The molecular formula is C11H19N3O4. The minimum Gasteiger partial charge on any atom is -0.480 e. The summed E-state index contributed by atoms with van der Waals surface area (Å²) in [6, 6.07) is -0.586. The average molecular weight is 257 g/mol. The highest BCUT2D eigenvalue weighted by molar-refractivity contribution is 5.95. The summed E-state index contributed by atoms with van der Waals surface area (Å²) in [5.41, 5.74) is -0.972. The largest absolute Gasteiger partial charge is 0.480 e. The van der Waals surface area contributed by atoms with Crippen LogP contribution in [0.15, 0.2) is 0 Å². The summed E-state index contributed by atoms with van der Waals surface area (Å²) in [4.78, 5) is 35.6. The second-order valence-electron chi connectivity index (χ2n) is 4.34. The van der Waals surface area contributed by atoms with E-state index in [2.05, 4.69) is 10.6 Å². The summed E-state index contributed by atoms with van der Waals surface area (Å²) in [5.74, 6) is -1.40. The van der Waals surface area contributed by atoms with E-state index in [1.54, 1.807) is 11.8 Å². The number of carbonyl (C=O) groups excluding carboxylic acids is 2. The van der Waals surface area contributed by atoms with Gasteiger partial charge < -0.3 is 10.4 Å². The van der Waals surface area contributed by atoms with E-state index in [0.717, 1.165) is 6.42 Å². The zero-order valence-corrected chi connectivity index (χ0v) is 10.7. The molecule has 1 heterocycles. The van der Waals surface area contributed by atoms with Crippen LogP contribution in [0.5, 0.6) is 0 Å². The molecule has 18 heavy (non-hydrogen) atoms. The van der Waals surface area contributed by atoms with E-state index in [1.807, 2.05) is 0 Å². The number of aliphatic carboxylic acids is 1. The minimum absolute atomic E-state index is 0.0758. The first-order valence-corrected chi connectivity index (χ1v) is 5.96. The number of carboxylic acids is 1. The summed E-state index contributed by atoms with van der Waals surface area (Å²) in [6.45, 7) is 2.28. The molecule has 1 saturated heterocycles. The van der Waals surface area contributed by atoms with Gasteiger partial charge in [-0.2, -0.15) is 0 Å². The van der Waals surface area contributed by atoms with Gasteiger partial charge in [0.15, 0.2) is 0 Å². The highest BCUT2D eigenvalue weighted by Crippen LogP contribution is 2.32. The molecule has 1 aliphatic rings. The Balaban J connectivity index is 2.68. The van der Waals surface area contributed by atoms with Gasteiger partial charge >= 0.3 is 12.0 Å². The van der Waals surface area contributed by atoms with Gasteiger partial charge in [-0.1, -0.05) is 6.92 Å². The number of carboxylic acid groups (broad SMARTS) is 1. The van der Waals surface area contributed by atoms with Crippen molar-refractivity contribution in [3.8, 4) is 0 Å². The van der Waals surface area contributed by atoms with Gasteiger partial charge in [-0.3, -0.25) is 19.8 Å². The fourth-order valence-corrected chi connectivity index (χ4v) is 2.36. The fourth-order valence-electron chi connectivity index (χ4n) is 2.36. The summed E-state index contributed by atoms with van der Waals surface area (Å²) < 4.78 is 0. The topological polar surface area (TPSA) is 98.7 Å². The third-order valence-corrected chi connectivity index (χ3v) is 3.42. The maximum atomic E-state index is 11.6. The van der Waals surface area contributed by atoms with Gasteiger partial charge in [-0.15, -0.1) is 0 Å². The number of imide groups is 1. The number of likely N-dealkylation sites (tertiary alicyclic amines) is 1. The smallest absolute Gasteiger partial charge is 0.324 e. The minimum atomic E-state index is -0.972. The van der Waals surface area contributed by atoms with Crippen molar-refractivity contribution >= 4 is 17.9 Å². The summed E-state index contributed by atoms with van der Waals surface area (Å²) in [7, 11) is 1.41. The van der Waals surface area contributed by atoms with Crippen molar-refractivity contribution in [1.82, 2.24) is 15.5 Å². The van der Waals surface area contributed by atoms with Crippen molar-refractivity contribution in [2.45, 2.75) is 31.7 Å². The molecule has 3 N–H and O–H groups in total. The first-order valence-electron chi connectivity index (χ1n) is 5.96. The molecule has 0 aromatic heterocycles. The molecule has 1 rings (SSSR count). The molecule has 7 heteroatoms. The molecule has 0 bridgehead atoms. The maximum Gasteiger partial charge on any atom is 0.324 e. The molecule has 102 valence electrons. The van der Waals surface area contributed by atoms with Crippen molar-refractivity contribution < 1.29 is 19.5 Å². The van der Waals surface area contributed by atoms with Crippen LogP contribution in [0.25, 0.3) is 0 Å². The lowest BCUT2D eigenvalue weighted by Crippen LogP contribution is -2.54. The average Bonchev–Trinajstić information content (AvgIpc) is 2.72. The van der Waals surface area contributed by atoms with Gasteiger partial charge in [-0.05, 0) is 25.8 Å². The number of hydrogen-bond acceptors (Lipinski definition) is 4. The predicted molar refractivity (Wildman–Crippen MR) is 64.1 cm³/mol. The van der Waals surface area contributed by atoms with Crippen LogP contribution in [0.4, 0.5) is 4.79 Å². The number of urea groups is 1. The second-order valence-corrected chi connectivity index (χ2v) is 4.34. The highest BCUT2D eigenvalue weighted by atomic mass is 16.4. The fraction of sp³-hybridized carbons (Fsp3) is 0.727. The molecule has 0 aromatic carbocycles. The molecule has 0 saturated carbocycles. The summed E-state index contributed by atoms with van der Waals surface area (Å²) >= 11 is 0. The Kier molecular flexibility index (Phi) is 4.66. The number of hydrogen-bond donors (Lipinski definition) is 3. The first kappa shape index (κ1) is 14.4. The normalized spacial score (nSPS) is 23.7. The number of nitrogens with one attached hydrogen (secondary N) is 2. The van der Waals surface area contributed by atoms with Crippen molar-refractivity contribution in [2.24, 2.45) is 0 Å². The number of rotatable bonds is 4. The van der Waals surface area contributed by atoms with E-state index in [0.29, 0.717) is 19.4 Å². The van der Waals surface area contributed by atoms with E-state index in [9.17, 15) is 19.5 Å². The van der Waals surface area contributed by atoms with Gasteiger partial charge in [0.25, 0.3) is 0 Å². The summed E-state index contributed by atoms with van der Waals surface area (Å²) in [6.07, 6.45) is 1.72. The number of carbonyl (C=O) groups is 3. The van der Waals surface area contributed by atoms with E-state index >= 15 is 0 Å². The van der Waals surface area contributed by atoms with Gasteiger partial charge in [0, 0.05) is 7.05 Å². The van der Waals surface area contributed by atoms with Crippen LogP contribution in [0.3, 0.4) is 0 Å². The third kappa shape index (κ3) is 2.79. The Labute approximate surface area is 106 Å². The zero-order chi connectivity index (χ0) is 13.8. The Morgan fingerprint density at radius 3 is 2.56 bits per heavy atom. The van der Waals surface area contributed by atoms with Crippen LogP contribution in [-0.4, -0.2) is 53.6 Å². The molecule has 0 aliphatic carbocycles. The monoisotopic (exact) mass is 257 g/mol. The van der Waals surface area contributed by atoms with Crippen LogP contribution in [0.2, 0.25) is 0 Å². The molecule has 7 nitrogen and oxygen atoms in total. The second kappa shape index (κ2) is 5.81. The standard InChI is InChI=1S/C11H19N3O4/c1-3-11(9(16)17)5-4-6-14(11)7-8(15)13-10(18)12-2/h3-7H2,1-2H3,(H,16,17)(H2,12,13,15,18). The molecule has 0 spiro atoms. The van der Waals surface area contributed by atoms with E-state index in [-0.39, 0.29) is 6.54 Å². The predicted octanol–water partition coefficient (Wildman–Crippen LogP) is -0.229. The maximum absolute atomic E-state index is 11.6. The van der Waals surface area contributed by atoms with Gasteiger partial charge in [0.1, 0.15) is 5.54 Å². The van der Waals surface area contributed by atoms with E-state index < -0.39 is 23.4 Å². The van der Waals surface area contributed by atoms with Gasteiger partial charge in [0.2, 0.25) is 5.91 Å². The Bertz CT molecular complexity index is 358. The van der Waals surface area contributed by atoms with Crippen LogP contribution in [0, 0.1) is 0 Å². The van der Waals surface area contributed by atoms with Crippen molar-refractivity contribution in [1.29, 1.82) is 0 Å². The van der Waals surface area contributed by atoms with Crippen molar-refractivity contribution in [3.63, 3.8) is 0 Å². The van der Waals surface area contributed by atoms with Crippen molar-refractivity contribution in [3.05, 3.63) is 0 Å². The van der Waals surface area contributed by atoms with Gasteiger partial charge in [0.05, 0.1) is 6.54 Å². The van der Waals surface area contributed by atoms with E-state index in [1.165, 1.54) is 7.05 Å². The zero-order valence-electron chi connectivity index (χ0n) is 10.7. The molecule has 0 aromatic rings. The van der Waals surface area contributed by atoms with Gasteiger partial charge in [-0.25, -0.2) is 4.79 Å². The Morgan fingerprint density at radius 1 is 1.39 bits per heavy atom. The molecular weight excluding hydrogens is 238 g/mol. The van der Waals surface area contributed by atoms with Crippen LogP contribution < -0.4 is 10.6 Å². The first-order chi connectivity index (χ1) is 8.46. The Hall–Kier alpha value is -1.63. The molecule has 1 unspecified atom stereocenters. The van der Waals surface area contributed by atoms with Crippen LogP contribution in [0.1, 0.15) is 26.2 Å². The third-order valence-electron chi connectivity index (χ3n) is 3.42. The van der Waals surface area contributed by atoms with Crippen LogP contribution in [-0.2, 0) is 9.59 Å². The molecule has 1 fully saturated rings. The highest BCUT2D eigenvalue weighted by Gasteiger charge is 2.46. The quantitative estimate of drug-likeness (QED) is 0.646. The lowest BCUT2D eigenvalue weighted by molar-refractivity contribution is -0.150. The molecule has 3 amide bonds. The molecule has 1 atom stereocenters. The molecule has 1 aliphatic heterocycles. The Morgan fingerprint density at radius 2 is 2.06 bits per heavy atom. The van der Waals surface area contributed by atoms with Crippen molar-refractivity contribution in [2.75, 3.05) is 20.1 Å². The lowest BCUT2D eigenvalue weighted by atomic mass is 9.93. The van der Waals surface area contributed by atoms with Crippen LogP contribution >= 0.6 is 0 Å². The SMILES string of the molecule is CCC1(C(=O)O)CCCN1CC(=O)NC(=O)NC.